The average molecular weight is 375 g/mol. The summed E-state index contributed by atoms with van der Waals surface area (Å²) in [5.41, 5.74) is 1.18. The summed E-state index contributed by atoms with van der Waals surface area (Å²) in [5, 5.41) is 4.40. The van der Waals surface area contributed by atoms with E-state index < -0.39 is 0 Å². The van der Waals surface area contributed by atoms with Crippen LogP contribution in [0.25, 0.3) is 0 Å². The highest BCUT2D eigenvalue weighted by molar-refractivity contribution is 9.10. The zero-order valence-electron chi connectivity index (χ0n) is 13.4. The third kappa shape index (κ3) is 8.23. The van der Waals surface area contributed by atoms with Crippen LogP contribution < -0.4 is 5.32 Å². The molecular weight excluding hydrogens is 346 g/mol. The van der Waals surface area contributed by atoms with E-state index in [0.717, 1.165) is 16.0 Å². The molecule has 1 N–H and O–H groups in total. The quantitative estimate of drug-likeness (QED) is 0.416. The third-order valence-corrected chi connectivity index (χ3v) is 4.73. The van der Waals surface area contributed by atoms with Gasteiger partial charge in [0, 0.05) is 15.5 Å². The van der Waals surface area contributed by atoms with Crippen LogP contribution in [-0.2, 0) is 0 Å². The smallest absolute Gasteiger partial charge is 0.0464 e. The van der Waals surface area contributed by atoms with Crippen molar-refractivity contribution in [2.75, 3.05) is 6.54 Å². The molecule has 120 valence electrons. The summed E-state index contributed by atoms with van der Waals surface area (Å²) in [6, 6.07) is 6.42. The van der Waals surface area contributed by atoms with Crippen LogP contribution in [0.15, 0.2) is 22.7 Å². The Morgan fingerprint density at radius 2 is 1.67 bits per heavy atom. The number of hydrogen-bond donors (Lipinski definition) is 1. The first-order valence-electron chi connectivity index (χ1n) is 8.33. The van der Waals surface area contributed by atoms with Crippen LogP contribution in [0.4, 0.5) is 0 Å². The van der Waals surface area contributed by atoms with Crippen LogP contribution >= 0.6 is 27.5 Å². The summed E-state index contributed by atoms with van der Waals surface area (Å²) < 4.78 is 1.03. The van der Waals surface area contributed by atoms with Crippen molar-refractivity contribution in [3.63, 3.8) is 0 Å². The molecular formula is C18H29BrClN. The number of rotatable bonds is 11. The van der Waals surface area contributed by atoms with Gasteiger partial charge in [-0.3, -0.25) is 0 Å². The molecule has 0 radical (unpaired) electrons. The molecule has 1 atom stereocenters. The summed E-state index contributed by atoms with van der Waals surface area (Å²) in [4.78, 5) is 0. The fraction of sp³-hybridized carbons (Fsp3) is 0.667. The highest BCUT2D eigenvalue weighted by Crippen LogP contribution is 2.26. The van der Waals surface area contributed by atoms with Crippen LogP contribution in [0.1, 0.15) is 76.8 Å². The maximum atomic E-state index is 6.28. The van der Waals surface area contributed by atoms with Crippen molar-refractivity contribution in [3.05, 3.63) is 33.3 Å². The van der Waals surface area contributed by atoms with Crippen molar-refractivity contribution >= 4 is 27.5 Å². The Morgan fingerprint density at radius 3 is 2.29 bits per heavy atom. The fourth-order valence-electron chi connectivity index (χ4n) is 2.54. The largest absolute Gasteiger partial charge is 0.310 e. The van der Waals surface area contributed by atoms with Gasteiger partial charge in [0.05, 0.1) is 0 Å². The van der Waals surface area contributed by atoms with Gasteiger partial charge in [0.15, 0.2) is 0 Å². The van der Waals surface area contributed by atoms with Gasteiger partial charge in [0.1, 0.15) is 0 Å². The van der Waals surface area contributed by atoms with Crippen molar-refractivity contribution in [2.24, 2.45) is 0 Å². The van der Waals surface area contributed by atoms with E-state index in [9.17, 15) is 0 Å². The van der Waals surface area contributed by atoms with Gasteiger partial charge in [-0.15, -0.1) is 0 Å². The molecule has 0 aliphatic rings. The average Bonchev–Trinajstić information content (AvgIpc) is 2.45. The second-order valence-electron chi connectivity index (χ2n) is 5.82. The van der Waals surface area contributed by atoms with Gasteiger partial charge < -0.3 is 5.32 Å². The Bertz CT molecular complexity index is 395. The van der Waals surface area contributed by atoms with Crippen molar-refractivity contribution in [1.29, 1.82) is 0 Å². The fourth-order valence-corrected chi connectivity index (χ4v) is 3.38. The van der Waals surface area contributed by atoms with E-state index in [4.69, 9.17) is 11.6 Å². The zero-order chi connectivity index (χ0) is 15.5. The highest BCUT2D eigenvalue weighted by atomic mass is 79.9. The molecule has 3 heteroatoms. The molecule has 1 unspecified atom stereocenters. The molecule has 0 aliphatic carbocycles. The predicted molar refractivity (Wildman–Crippen MR) is 98.2 cm³/mol. The lowest BCUT2D eigenvalue weighted by molar-refractivity contribution is 0.521. The topological polar surface area (TPSA) is 12.0 Å². The second kappa shape index (κ2) is 11.5. The standard InChI is InChI=1S/C18H29BrClN/c1-3-4-5-6-7-8-9-10-13-21-15(2)17-12-11-16(19)14-18(17)20/h11-12,14-15,21H,3-10,13H2,1-2H3. The normalized spacial score (nSPS) is 12.6. The molecule has 0 aliphatic heterocycles. The van der Waals surface area contributed by atoms with E-state index in [1.807, 2.05) is 6.07 Å². The molecule has 0 saturated heterocycles. The van der Waals surface area contributed by atoms with Crippen molar-refractivity contribution in [2.45, 2.75) is 71.3 Å². The minimum Gasteiger partial charge on any atom is -0.310 e. The van der Waals surface area contributed by atoms with Gasteiger partial charge in [-0.1, -0.05) is 85.5 Å². The van der Waals surface area contributed by atoms with Crippen LogP contribution in [-0.4, -0.2) is 6.54 Å². The summed E-state index contributed by atoms with van der Waals surface area (Å²) in [5.74, 6) is 0. The number of benzene rings is 1. The van der Waals surface area contributed by atoms with E-state index in [1.54, 1.807) is 0 Å². The van der Waals surface area contributed by atoms with Crippen molar-refractivity contribution in [3.8, 4) is 0 Å². The molecule has 0 heterocycles. The lowest BCUT2D eigenvalue weighted by Gasteiger charge is -2.16. The second-order valence-corrected chi connectivity index (χ2v) is 7.14. The van der Waals surface area contributed by atoms with Crippen molar-refractivity contribution in [1.82, 2.24) is 5.32 Å². The molecule has 1 aromatic rings. The Kier molecular flexibility index (Phi) is 10.4. The lowest BCUT2D eigenvalue weighted by Crippen LogP contribution is -2.20. The van der Waals surface area contributed by atoms with Gasteiger partial charge in [0.25, 0.3) is 0 Å². The summed E-state index contributed by atoms with van der Waals surface area (Å²) in [6.07, 6.45) is 10.9. The molecule has 0 aromatic heterocycles. The van der Waals surface area contributed by atoms with Gasteiger partial charge in [0.2, 0.25) is 0 Å². The molecule has 0 bridgehead atoms. The molecule has 0 fully saturated rings. The van der Waals surface area contributed by atoms with E-state index in [2.05, 4.69) is 47.2 Å². The summed E-state index contributed by atoms with van der Waals surface area (Å²) in [7, 11) is 0. The maximum absolute atomic E-state index is 6.28. The molecule has 1 aromatic carbocycles. The zero-order valence-corrected chi connectivity index (χ0v) is 15.8. The minimum atomic E-state index is 0.315. The van der Waals surface area contributed by atoms with E-state index in [0.29, 0.717) is 6.04 Å². The van der Waals surface area contributed by atoms with Gasteiger partial charge in [-0.25, -0.2) is 0 Å². The van der Waals surface area contributed by atoms with E-state index in [1.165, 1.54) is 56.9 Å². The molecule has 1 nitrogen and oxygen atoms in total. The Hall–Kier alpha value is -0.0500. The van der Waals surface area contributed by atoms with E-state index >= 15 is 0 Å². The van der Waals surface area contributed by atoms with Crippen LogP contribution in [0.3, 0.4) is 0 Å². The first-order valence-corrected chi connectivity index (χ1v) is 9.50. The number of hydrogen-bond acceptors (Lipinski definition) is 1. The maximum Gasteiger partial charge on any atom is 0.0464 e. The first-order chi connectivity index (χ1) is 10.1. The van der Waals surface area contributed by atoms with Gasteiger partial charge >= 0.3 is 0 Å². The summed E-state index contributed by atoms with van der Waals surface area (Å²) >= 11 is 9.72. The number of nitrogens with one attached hydrogen (secondary N) is 1. The predicted octanol–water partition coefficient (Wildman–Crippen LogP) is 6.89. The highest BCUT2D eigenvalue weighted by Gasteiger charge is 2.08. The third-order valence-electron chi connectivity index (χ3n) is 3.91. The number of halogens is 2. The number of unbranched alkanes of at least 4 members (excludes halogenated alkanes) is 7. The summed E-state index contributed by atoms with van der Waals surface area (Å²) in [6.45, 7) is 5.52. The van der Waals surface area contributed by atoms with Crippen molar-refractivity contribution < 1.29 is 0 Å². The van der Waals surface area contributed by atoms with E-state index in [-0.39, 0.29) is 0 Å². The lowest BCUT2D eigenvalue weighted by atomic mass is 10.1. The molecule has 0 spiro atoms. The molecule has 0 amide bonds. The molecule has 1 rings (SSSR count). The molecule has 21 heavy (non-hydrogen) atoms. The molecule has 0 saturated carbocycles. The van der Waals surface area contributed by atoms with Crippen LogP contribution in [0.5, 0.6) is 0 Å². The monoisotopic (exact) mass is 373 g/mol. The Labute approximate surface area is 144 Å². The van der Waals surface area contributed by atoms with Gasteiger partial charge in [-0.05, 0) is 37.6 Å². The first kappa shape index (κ1) is 19.0. The Morgan fingerprint density at radius 1 is 1.05 bits per heavy atom. The SMILES string of the molecule is CCCCCCCCCCNC(C)c1ccc(Br)cc1Cl. The van der Waals surface area contributed by atoms with Crippen LogP contribution in [0.2, 0.25) is 5.02 Å². The van der Waals surface area contributed by atoms with Gasteiger partial charge in [-0.2, -0.15) is 0 Å². The van der Waals surface area contributed by atoms with Crippen LogP contribution in [0, 0.1) is 0 Å². The Balaban J connectivity index is 2.09. The minimum absolute atomic E-state index is 0.315.